The van der Waals surface area contributed by atoms with E-state index in [1.54, 1.807) is 0 Å². The molecule has 0 amide bonds. The van der Waals surface area contributed by atoms with Crippen molar-refractivity contribution < 1.29 is 18.3 Å². The summed E-state index contributed by atoms with van der Waals surface area (Å²) in [6, 6.07) is 0. The lowest BCUT2D eigenvalue weighted by molar-refractivity contribution is -0.142. The number of aryl methyl sites for hydroxylation is 1. The third-order valence-corrected chi connectivity index (χ3v) is 4.30. The van der Waals surface area contributed by atoms with Gasteiger partial charge in [0.15, 0.2) is 5.69 Å². The number of halogens is 3. The molecule has 0 fully saturated rings. The number of rotatable bonds is 7. The highest BCUT2D eigenvalue weighted by atomic mass is 32.1. The first-order valence-electron chi connectivity index (χ1n) is 7.47. The van der Waals surface area contributed by atoms with E-state index in [2.05, 4.69) is 23.9 Å². The van der Waals surface area contributed by atoms with Gasteiger partial charge in [-0.15, -0.1) is 11.3 Å². The number of aliphatic hydroxyl groups excluding tert-OH is 1. The molecule has 0 saturated heterocycles. The molecule has 0 bridgehead atoms. The van der Waals surface area contributed by atoms with E-state index in [4.69, 9.17) is 5.11 Å². The maximum absolute atomic E-state index is 12.9. The molecule has 128 valence electrons. The van der Waals surface area contributed by atoms with Crippen LogP contribution in [0.4, 0.5) is 13.2 Å². The van der Waals surface area contributed by atoms with Crippen LogP contribution >= 0.6 is 11.3 Å². The van der Waals surface area contributed by atoms with Gasteiger partial charge >= 0.3 is 6.18 Å². The fourth-order valence-electron chi connectivity index (χ4n) is 2.20. The van der Waals surface area contributed by atoms with Gasteiger partial charge < -0.3 is 5.11 Å². The second-order valence-corrected chi connectivity index (χ2v) is 6.78. The van der Waals surface area contributed by atoms with Crippen molar-refractivity contribution >= 4 is 11.3 Å². The quantitative estimate of drug-likeness (QED) is 0.834. The Morgan fingerprint density at radius 3 is 2.65 bits per heavy atom. The van der Waals surface area contributed by atoms with Gasteiger partial charge in [-0.25, -0.2) is 4.98 Å². The number of aromatic nitrogens is 3. The zero-order valence-corrected chi connectivity index (χ0v) is 13.9. The van der Waals surface area contributed by atoms with Crippen LogP contribution in [0.1, 0.15) is 42.2 Å². The second kappa shape index (κ2) is 7.44. The van der Waals surface area contributed by atoms with Crippen molar-refractivity contribution in [3.63, 3.8) is 0 Å². The Hall–Kier alpha value is -1.41. The molecule has 2 rings (SSSR count). The molecule has 0 unspecified atom stereocenters. The molecule has 23 heavy (non-hydrogen) atoms. The molecule has 0 atom stereocenters. The number of nitrogens with zero attached hydrogens (tertiary/aromatic N) is 3. The van der Waals surface area contributed by atoms with Crippen molar-refractivity contribution in [1.29, 1.82) is 0 Å². The number of aliphatic hydroxyl groups is 1. The largest absolute Gasteiger partial charge is 0.435 e. The Balaban J connectivity index is 2.11. The summed E-state index contributed by atoms with van der Waals surface area (Å²) in [5.74, 6) is 0.587. The summed E-state index contributed by atoms with van der Waals surface area (Å²) < 4.78 is 40.0. The van der Waals surface area contributed by atoms with Crippen LogP contribution in [0.3, 0.4) is 0 Å². The molecule has 0 aliphatic carbocycles. The van der Waals surface area contributed by atoms with Crippen LogP contribution in [0.25, 0.3) is 0 Å². The van der Waals surface area contributed by atoms with Crippen LogP contribution in [0.15, 0.2) is 11.6 Å². The predicted molar refractivity (Wildman–Crippen MR) is 82.4 cm³/mol. The summed E-state index contributed by atoms with van der Waals surface area (Å²) in [5.41, 5.74) is -0.211. The highest BCUT2D eigenvalue weighted by Gasteiger charge is 2.36. The van der Waals surface area contributed by atoms with Crippen molar-refractivity contribution in [2.45, 2.75) is 45.8 Å². The van der Waals surface area contributed by atoms with Crippen LogP contribution in [0.2, 0.25) is 0 Å². The summed E-state index contributed by atoms with van der Waals surface area (Å²) in [4.78, 5) is 4.45. The topological polar surface area (TPSA) is 50.9 Å². The maximum atomic E-state index is 12.9. The highest BCUT2D eigenvalue weighted by molar-refractivity contribution is 7.09. The molecule has 0 spiro atoms. The minimum Gasteiger partial charge on any atom is -0.396 e. The van der Waals surface area contributed by atoms with Crippen molar-refractivity contribution in [2.75, 3.05) is 6.61 Å². The molecule has 2 heterocycles. The van der Waals surface area contributed by atoms with E-state index in [1.165, 1.54) is 22.2 Å². The zero-order chi connectivity index (χ0) is 17.0. The van der Waals surface area contributed by atoms with Crippen LogP contribution in [-0.2, 0) is 25.6 Å². The lowest BCUT2D eigenvalue weighted by atomic mass is 10.1. The smallest absolute Gasteiger partial charge is 0.396 e. The molecule has 0 aliphatic rings. The minimum atomic E-state index is -4.51. The Labute approximate surface area is 137 Å². The van der Waals surface area contributed by atoms with E-state index in [0.717, 1.165) is 17.8 Å². The molecule has 1 N–H and O–H groups in total. The van der Waals surface area contributed by atoms with Gasteiger partial charge in [0.2, 0.25) is 0 Å². The first kappa shape index (κ1) is 17.9. The Morgan fingerprint density at radius 1 is 1.30 bits per heavy atom. The van der Waals surface area contributed by atoms with E-state index < -0.39 is 11.9 Å². The van der Waals surface area contributed by atoms with Crippen molar-refractivity contribution in [2.24, 2.45) is 5.92 Å². The van der Waals surface area contributed by atoms with Crippen molar-refractivity contribution in [3.05, 3.63) is 33.5 Å². The third-order valence-electron chi connectivity index (χ3n) is 3.35. The monoisotopic (exact) mass is 347 g/mol. The lowest BCUT2D eigenvalue weighted by Gasteiger charge is -2.04. The fraction of sp³-hybridized carbons (Fsp3) is 0.600. The van der Waals surface area contributed by atoms with Crippen LogP contribution < -0.4 is 0 Å². The molecule has 0 radical (unpaired) electrons. The molecular weight excluding hydrogens is 327 g/mol. The third kappa shape index (κ3) is 5.04. The van der Waals surface area contributed by atoms with Gasteiger partial charge in [0.25, 0.3) is 0 Å². The SMILES string of the molecule is CC(C)CCc1nc(Cn2cc(CCO)c(C(F)(F)F)n2)cs1. The summed E-state index contributed by atoms with van der Waals surface area (Å²) in [6.07, 6.45) is -1.32. The van der Waals surface area contributed by atoms with E-state index in [-0.39, 0.29) is 25.1 Å². The average Bonchev–Trinajstić information content (AvgIpc) is 3.04. The normalized spacial score (nSPS) is 12.3. The van der Waals surface area contributed by atoms with Crippen LogP contribution in [0.5, 0.6) is 0 Å². The number of thiazole rings is 1. The summed E-state index contributed by atoms with van der Waals surface area (Å²) in [7, 11) is 0. The minimum absolute atomic E-state index is 0.00950. The van der Waals surface area contributed by atoms with E-state index >= 15 is 0 Å². The summed E-state index contributed by atoms with van der Waals surface area (Å²) >= 11 is 1.52. The Kier molecular flexibility index (Phi) is 5.80. The molecule has 4 nitrogen and oxygen atoms in total. The summed E-state index contributed by atoms with van der Waals surface area (Å²) in [6.45, 7) is 4.14. The molecule has 0 saturated carbocycles. The van der Waals surface area contributed by atoms with Gasteiger partial charge in [0.05, 0.1) is 17.2 Å². The zero-order valence-electron chi connectivity index (χ0n) is 13.1. The fourth-order valence-corrected chi connectivity index (χ4v) is 3.01. The molecule has 8 heteroatoms. The van der Waals surface area contributed by atoms with Gasteiger partial charge in [-0.2, -0.15) is 18.3 Å². The second-order valence-electron chi connectivity index (χ2n) is 5.84. The average molecular weight is 347 g/mol. The molecule has 0 aliphatic heterocycles. The van der Waals surface area contributed by atoms with Crippen LogP contribution in [-0.4, -0.2) is 26.5 Å². The number of hydrogen-bond donors (Lipinski definition) is 1. The van der Waals surface area contributed by atoms with Crippen molar-refractivity contribution in [1.82, 2.24) is 14.8 Å². The first-order chi connectivity index (χ1) is 10.8. The number of alkyl halides is 3. The van der Waals surface area contributed by atoms with Gasteiger partial charge in [-0.1, -0.05) is 13.8 Å². The standard InChI is InChI=1S/C15H20F3N3OS/c1-10(2)3-4-13-19-12(9-23-13)8-21-7-11(5-6-22)14(20-21)15(16,17)18/h7,9-10,22H,3-6,8H2,1-2H3. The molecule has 2 aromatic heterocycles. The van der Waals surface area contributed by atoms with Gasteiger partial charge in [-0.05, 0) is 25.2 Å². The highest BCUT2D eigenvalue weighted by Crippen LogP contribution is 2.31. The lowest BCUT2D eigenvalue weighted by Crippen LogP contribution is -2.11. The number of hydrogen-bond acceptors (Lipinski definition) is 4. The molecular formula is C15H20F3N3OS. The first-order valence-corrected chi connectivity index (χ1v) is 8.35. The van der Waals surface area contributed by atoms with Gasteiger partial charge in [-0.3, -0.25) is 4.68 Å². The Morgan fingerprint density at radius 2 is 2.04 bits per heavy atom. The summed E-state index contributed by atoms with van der Waals surface area (Å²) in [5, 5.41) is 15.4. The van der Waals surface area contributed by atoms with Crippen LogP contribution in [0, 0.1) is 5.92 Å². The van der Waals surface area contributed by atoms with Gasteiger partial charge in [0, 0.05) is 23.7 Å². The van der Waals surface area contributed by atoms with Gasteiger partial charge in [0.1, 0.15) is 0 Å². The Bertz CT molecular complexity index is 634. The molecule has 0 aromatic carbocycles. The van der Waals surface area contributed by atoms with E-state index in [9.17, 15) is 13.2 Å². The molecule has 2 aromatic rings. The van der Waals surface area contributed by atoms with E-state index in [1.807, 2.05) is 5.38 Å². The predicted octanol–water partition coefficient (Wildman–Crippen LogP) is 3.53. The van der Waals surface area contributed by atoms with E-state index in [0.29, 0.717) is 11.6 Å². The van der Waals surface area contributed by atoms with Crippen molar-refractivity contribution in [3.8, 4) is 0 Å². The maximum Gasteiger partial charge on any atom is 0.435 e.